The molecule has 1 aliphatic rings. The first kappa shape index (κ1) is 9.21. The second-order valence-electron chi connectivity index (χ2n) is 3.88. The summed E-state index contributed by atoms with van der Waals surface area (Å²) < 4.78 is 0. The van der Waals surface area contributed by atoms with E-state index in [-0.39, 0.29) is 0 Å². The summed E-state index contributed by atoms with van der Waals surface area (Å²) in [5.74, 6) is 0. The van der Waals surface area contributed by atoms with Crippen LogP contribution in [0.15, 0.2) is 36.7 Å². The van der Waals surface area contributed by atoms with Crippen LogP contribution in [0.25, 0.3) is 17.1 Å². The standard InChI is InChI=1S/C13H13N3/c1-3-7-12-10(5-1)14-9-15-11-6-2-4-8-13(11)16-12/h1,3-5,7-9,16H,2,6H2,(H,14,15). The van der Waals surface area contributed by atoms with Crippen molar-refractivity contribution in [3.63, 3.8) is 0 Å². The first-order chi connectivity index (χ1) is 7.93. The predicted molar refractivity (Wildman–Crippen MR) is 65.4 cm³/mol. The van der Waals surface area contributed by atoms with Gasteiger partial charge in [0.2, 0.25) is 0 Å². The smallest absolute Gasteiger partial charge is 0.0929 e. The van der Waals surface area contributed by atoms with Crippen LogP contribution in [0.4, 0.5) is 0 Å². The van der Waals surface area contributed by atoms with E-state index in [4.69, 9.17) is 0 Å². The molecule has 0 aliphatic heterocycles. The van der Waals surface area contributed by atoms with E-state index < -0.39 is 0 Å². The Morgan fingerprint density at radius 1 is 1.19 bits per heavy atom. The molecule has 0 unspecified atom stereocenters. The molecule has 1 aliphatic carbocycles. The molecule has 2 aromatic rings. The van der Waals surface area contributed by atoms with Gasteiger partial charge >= 0.3 is 0 Å². The van der Waals surface area contributed by atoms with Crippen LogP contribution < -0.4 is 0 Å². The maximum Gasteiger partial charge on any atom is 0.0929 e. The third-order valence-electron chi connectivity index (χ3n) is 2.79. The number of benzene rings is 1. The molecule has 0 saturated heterocycles. The molecule has 3 heteroatoms. The maximum atomic E-state index is 4.38. The highest BCUT2D eigenvalue weighted by Gasteiger charge is 2.02. The van der Waals surface area contributed by atoms with Gasteiger partial charge in [-0.25, -0.2) is 4.98 Å². The van der Waals surface area contributed by atoms with E-state index in [1.807, 2.05) is 24.3 Å². The Morgan fingerprint density at radius 2 is 2.12 bits per heavy atom. The normalized spacial score (nSPS) is 13.5. The van der Waals surface area contributed by atoms with E-state index in [1.54, 1.807) is 6.33 Å². The molecule has 0 radical (unpaired) electrons. The lowest BCUT2D eigenvalue weighted by Gasteiger charge is -2.08. The van der Waals surface area contributed by atoms with E-state index in [0.29, 0.717) is 0 Å². The number of hydrogen-bond donors (Lipinski definition) is 2. The van der Waals surface area contributed by atoms with Gasteiger partial charge in [0.1, 0.15) is 0 Å². The topological polar surface area (TPSA) is 44.5 Å². The van der Waals surface area contributed by atoms with Crippen LogP contribution >= 0.6 is 0 Å². The van der Waals surface area contributed by atoms with Gasteiger partial charge in [0, 0.05) is 5.69 Å². The number of rotatable bonds is 0. The third kappa shape index (κ3) is 1.60. The zero-order valence-electron chi connectivity index (χ0n) is 8.90. The van der Waals surface area contributed by atoms with Gasteiger partial charge in [0.15, 0.2) is 0 Å². The summed E-state index contributed by atoms with van der Waals surface area (Å²) in [6.45, 7) is 0. The minimum absolute atomic E-state index is 0.959. The van der Waals surface area contributed by atoms with E-state index in [2.05, 4.69) is 27.1 Å². The Bertz CT molecular complexity index is 588. The van der Waals surface area contributed by atoms with Crippen LogP contribution in [0.2, 0.25) is 0 Å². The van der Waals surface area contributed by atoms with Crippen molar-refractivity contribution in [3.05, 3.63) is 48.1 Å². The lowest BCUT2D eigenvalue weighted by atomic mass is 10.1. The molecule has 0 saturated carbocycles. The Morgan fingerprint density at radius 3 is 3.12 bits per heavy atom. The van der Waals surface area contributed by atoms with Crippen LogP contribution in [0.3, 0.4) is 0 Å². The van der Waals surface area contributed by atoms with Crippen molar-refractivity contribution in [1.29, 1.82) is 0 Å². The van der Waals surface area contributed by atoms with Crippen molar-refractivity contribution in [3.8, 4) is 0 Å². The molecule has 1 aromatic carbocycles. The fourth-order valence-corrected chi connectivity index (χ4v) is 1.95. The summed E-state index contributed by atoms with van der Waals surface area (Å²) in [5.41, 5.74) is 4.37. The van der Waals surface area contributed by atoms with Crippen molar-refractivity contribution in [2.45, 2.75) is 12.8 Å². The predicted octanol–water partition coefficient (Wildman–Crippen LogP) is 2.97. The second-order valence-corrected chi connectivity index (χ2v) is 3.88. The first-order valence-corrected chi connectivity index (χ1v) is 5.48. The molecule has 1 aromatic heterocycles. The highest BCUT2D eigenvalue weighted by atomic mass is 14.9. The van der Waals surface area contributed by atoms with Gasteiger partial charge < -0.3 is 9.97 Å². The number of para-hydroxylation sites is 2. The van der Waals surface area contributed by atoms with Crippen molar-refractivity contribution in [2.24, 2.45) is 0 Å². The lowest BCUT2D eigenvalue weighted by molar-refractivity contribution is 0.910. The van der Waals surface area contributed by atoms with Crippen LogP contribution in [0, 0.1) is 0 Å². The molecule has 0 amide bonds. The van der Waals surface area contributed by atoms with Gasteiger partial charge in [-0.15, -0.1) is 0 Å². The lowest BCUT2D eigenvalue weighted by Crippen LogP contribution is -1.98. The SMILES string of the molecule is C1=Cc2[nH]c3ccccc3nc[nH]c2CC1. The molecule has 3 nitrogen and oxygen atoms in total. The Balaban J connectivity index is 2.36. The number of hydrogen-bond acceptors (Lipinski definition) is 1. The molecule has 0 bridgehead atoms. The Labute approximate surface area is 93.6 Å². The second kappa shape index (κ2) is 3.85. The Kier molecular flexibility index (Phi) is 2.22. The highest BCUT2D eigenvalue weighted by molar-refractivity contribution is 5.73. The zero-order valence-corrected chi connectivity index (χ0v) is 8.90. The summed E-state index contributed by atoms with van der Waals surface area (Å²) >= 11 is 0. The summed E-state index contributed by atoms with van der Waals surface area (Å²) in [6, 6.07) is 8.05. The molecule has 16 heavy (non-hydrogen) atoms. The number of aromatic amines is 2. The fourth-order valence-electron chi connectivity index (χ4n) is 1.95. The quantitative estimate of drug-likeness (QED) is 0.691. The van der Waals surface area contributed by atoms with Gasteiger partial charge in [-0.2, -0.15) is 0 Å². The minimum atomic E-state index is 0.959. The van der Waals surface area contributed by atoms with E-state index in [9.17, 15) is 0 Å². The number of aryl methyl sites for hydroxylation is 1. The third-order valence-corrected chi connectivity index (χ3v) is 2.79. The monoisotopic (exact) mass is 211 g/mol. The fraction of sp³-hybridized carbons (Fsp3) is 0.154. The van der Waals surface area contributed by atoms with E-state index in [1.165, 1.54) is 5.69 Å². The molecular formula is C13H13N3. The number of nitrogens with zero attached hydrogens (tertiary/aromatic N) is 1. The number of fused-ring (bicyclic) bond motifs is 2. The average Bonchev–Trinajstić information content (AvgIpc) is 2.29. The molecule has 1 heterocycles. The molecule has 80 valence electrons. The van der Waals surface area contributed by atoms with Crippen LogP contribution in [0.1, 0.15) is 17.8 Å². The number of allylic oxidation sites excluding steroid dienone is 1. The first-order valence-electron chi connectivity index (χ1n) is 5.48. The van der Waals surface area contributed by atoms with Crippen LogP contribution in [-0.4, -0.2) is 15.0 Å². The average molecular weight is 211 g/mol. The summed E-state index contributed by atoms with van der Waals surface area (Å²) in [5, 5.41) is 0. The maximum absolute atomic E-state index is 4.38. The van der Waals surface area contributed by atoms with Crippen molar-refractivity contribution >= 4 is 17.1 Å². The van der Waals surface area contributed by atoms with Crippen molar-refractivity contribution in [2.75, 3.05) is 0 Å². The minimum Gasteiger partial charge on any atom is -0.352 e. The molecular weight excluding hydrogens is 198 g/mol. The van der Waals surface area contributed by atoms with Crippen molar-refractivity contribution in [1.82, 2.24) is 15.0 Å². The molecule has 0 fully saturated rings. The van der Waals surface area contributed by atoms with E-state index >= 15 is 0 Å². The number of nitrogens with one attached hydrogen (secondary N) is 2. The van der Waals surface area contributed by atoms with E-state index in [0.717, 1.165) is 29.6 Å². The molecule has 3 rings (SSSR count). The summed E-state index contributed by atoms with van der Waals surface area (Å²) in [4.78, 5) is 11.0. The summed E-state index contributed by atoms with van der Waals surface area (Å²) in [7, 11) is 0. The van der Waals surface area contributed by atoms with Gasteiger partial charge in [0.25, 0.3) is 0 Å². The summed E-state index contributed by atoms with van der Waals surface area (Å²) in [6.07, 6.45) is 8.21. The molecule has 0 atom stereocenters. The van der Waals surface area contributed by atoms with Gasteiger partial charge in [-0.1, -0.05) is 18.2 Å². The molecule has 2 N–H and O–H groups in total. The largest absolute Gasteiger partial charge is 0.352 e. The van der Waals surface area contributed by atoms with Crippen LogP contribution in [-0.2, 0) is 6.42 Å². The highest BCUT2D eigenvalue weighted by Crippen LogP contribution is 2.15. The molecule has 0 spiro atoms. The van der Waals surface area contributed by atoms with Crippen molar-refractivity contribution < 1.29 is 0 Å². The zero-order chi connectivity index (χ0) is 10.8. The Hall–Kier alpha value is -2.03. The van der Waals surface area contributed by atoms with Gasteiger partial charge in [-0.3, -0.25) is 0 Å². The van der Waals surface area contributed by atoms with Gasteiger partial charge in [0.05, 0.1) is 23.1 Å². The number of aromatic nitrogens is 3. The van der Waals surface area contributed by atoms with Gasteiger partial charge in [-0.05, 0) is 31.1 Å². The van der Waals surface area contributed by atoms with Crippen LogP contribution in [0.5, 0.6) is 0 Å². The number of H-pyrrole nitrogens is 2.